The highest BCUT2D eigenvalue weighted by Gasteiger charge is 2.03. The molecule has 4 nitrogen and oxygen atoms in total. The van der Waals surface area contributed by atoms with Gasteiger partial charge in [-0.05, 0) is 5.92 Å². The number of aromatic nitrogens is 1. The Morgan fingerprint density at radius 2 is 2.05 bits per heavy atom. The average molecular weight is 416 g/mol. The second-order valence-corrected chi connectivity index (χ2v) is 5.91. The highest BCUT2D eigenvalue weighted by atomic mass is 127. The monoisotopic (exact) mass is 416 g/mol. The van der Waals surface area contributed by atoms with Crippen LogP contribution in [-0.4, -0.2) is 17.5 Å². The van der Waals surface area contributed by atoms with Gasteiger partial charge in [-0.25, -0.2) is 9.98 Å². The van der Waals surface area contributed by atoms with Crippen LogP contribution in [0, 0.1) is 5.92 Å². The van der Waals surface area contributed by atoms with Crippen molar-refractivity contribution in [3.8, 4) is 11.3 Å². The van der Waals surface area contributed by atoms with E-state index in [-0.39, 0.29) is 24.0 Å². The fourth-order valence-electron chi connectivity index (χ4n) is 1.64. The van der Waals surface area contributed by atoms with Crippen molar-refractivity contribution in [1.29, 1.82) is 0 Å². The molecule has 0 saturated heterocycles. The van der Waals surface area contributed by atoms with E-state index in [0.717, 1.165) is 22.8 Å². The summed E-state index contributed by atoms with van der Waals surface area (Å²) in [6, 6.07) is 10.1. The second-order valence-electron chi connectivity index (χ2n) is 4.97. The molecule has 0 unspecified atom stereocenters. The van der Waals surface area contributed by atoms with Crippen LogP contribution < -0.4 is 11.1 Å². The molecule has 0 amide bonds. The predicted molar refractivity (Wildman–Crippen MR) is 101 cm³/mol. The van der Waals surface area contributed by atoms with E-state index in [1.165, 1.54) is 0 Å². The van der Waals surface area contributed by atoms with Crippen LogP contribution in [0.25, 0.3) is 11.3 Å². The Hall–Kier alpha value is -1.15. The van der Waals surface area contributed by atoms with Gasteiger partial charge in [-0.3, -0.25) is 0 Å². The van der Waals surface area contributed by atoms with Gasteiger partial charge < -0.3 is 11.1 Å². The van der Waals surface area contributed by atoms with Crippen LogP contribution in [-0.2, 0) is 6.54 Å². The summed E-state index contributed by atoms with van der Waals surface area (Å²) < 4.78 is 0. The first-order valence-electron chi connectivity index (χ1n) is 6.68. The molecule has 0 fully saturated rings. The van der Waals surface area contributed by atoms with E-state index < -0.39 is 0 Å². The van der Waals surface area contributed by atoms with Gasteiger partial charge in [0, 0.05) is 17.5 Å². The third kappa shape index (κ3) is 6.01. The van der Waals surface area contributed by atoms with Gasteiger partial charge in [-0.15, -0.1) is 35.3 Å². The zero-order valence-corrected chi connectivity index (χ0v) is 15.4. The molecule has 0 atom stereocenters. The third-order valence-corrected chi connectivity index (χ3v) is 3.53. The van der Waals surface area contributed by atoms with Gasteiger partial charge in [0.05, 0.1) is 12.2 Å². The summed E-state index contributed by atoms with van der Waals surface area (Å²) in [5, 5.41) is 6.12. The van der Waals surface area contributed by atoms with Gasteiger partial charge in [-0.2, -0.15) is 0 Å². The first-order valence-corrected chi connectivity index (χ1v) is 7.56. The standard InChI is InChI=1S/C15H20N4S.HI/c1-11(2)8-17-15(16)18-9-14-19-13(10-20-14)12-6-4-3-5-7-12;/h3-7,10-11H,8-9H2,1-2H3,(H3,16,17,18);1H. The molecule has 0 aliphatic carbocycles. The van der Waals surface area contributed by atoms with Gasteiger partial charge in [0.25, 0.3) is 0 Å². The lowest BCUT2D eigenvalue weighted by Gasteiger charge is -2.07. The van der Waals surface area contributed by atoms with E-state index in [1.807, 2.05) is 18.2 Å². The average Bonchev–Trinajstić information content (AvgIpc) is 2.93. The van der Waals surface area contributed by atoms with E-state index in [2.05, 4.69) is 46.7 Å². The maximum absolute atomic E-state index is 5.80. The summed E-state index contributed by atoms with van der Waals surface area (Å²) in [7, 11) is 0. The molecular weight excluding hydrogens is 395 g/mol. The number of nitrogens with two attached hydrogens (primary N) is 1. The number of aliphatic imine (C=N–C) groups is 1. The number of hydrogen-bond donors (Lipinski definition) is 2. The summed E-state index contributed by atoms with van der Waals surface area (Å²) in [5.41, 5.74) is 7.93. The number of benzene rings is 1. The smallest absolute Gasteiger partial charge is 0.189 e. The number of rotatable bonds is 5. The summed E-state index contributed by atoms with van der Waals surface area (Å²) in [6.07, 6.45) is 0. The number of hydrogen-bond acceptors (Lipinski definition) is 3. The molecule has 0 saturated carbocycles. The van der Waals surface area contributed by atoms with Gasteiger partial charge in [0.15, 0.2) is 5.96 Å². The van der Waals surface area contributed by atoms with E-state index in [4.69, 9.17) is 5.73 Å². The van der Waals surface area contributed by atoms with Crippen molar-refractivity contribution in [2.45, 2.75) is 20.4 Å². The molecule has 0 bridgehead atoms. The quantitative estimate of drug-likeness (QED) is 0.446. The maximum Gasteiger partial charge on any atom is 0.189 e. The number of thiazole rings is 1. The largest absolute Gasteiger partial charge is 0.370 e. The Kier molecular flexibility index (Phi) is 7.66. The molecule has 2 rings (SSSR count). The van der Waals surface area contributed by atoms with Crippen molar-refractivity contribution in [2.75, 3.05) is 6.54 Å². The first-order chi connectivity index (χ1) is 9.65. The third-order valence-electron chi connectivity index (χ3n) is 2.70. The molecule has 1 aromatic carbocycles. The van der Waals surface area contributed by atoms with E-state index >= 15 is 0 Å². The second kappa shape index (κ2) is 8.99. The molecule has 0 radical (unpaired) electrons. The lowest BCUT2D eigenvalue weighted by atomic mass is 10.2. The van der Waals surface area contributed by atoms with Crippen LogP contribution in [0.2, 0.25) is 0 Å². The van der Waals surface area contributed by atoms with E-state index in [0.29, 0.717) is 18.4 Å². The number of guanidine groups is 1. The molecule has 6 heteroatoms. The van der Waals surface area contributed by atoms with E-state index in [9.17, 15) is 0 Å². The summed E-state index contributed by atoms with van der Waals surface area (Å²) in [5.74, 6) is 1.03. The topological polar surface area (TPSA) is 63.3 Å². The SMILES string of the molecule is CC(C)CNC(N)=NCc1nc(-c2ccccc2)cs1.I. The lowest BCUT2D eigenvalue weighted by molar-refractivity contribution is 0.622. The zero-order valence-electron chi connectivity index (χ0n) is 12.2. The van der Waals surface area contributed by atoms with Crippen molar-refractivity contribution >= 4 is 41.3 Å². The Balaban J connectivity index is 0.00000220. The van der Waals surface area contributed by atoms with Crippen molar-refractivity contribution in [3.05, 3.63) is 40.7 Å². The van der Waals surface area contributed by atoms with E-state index in [1.54, 1.807) is 11.3 Å². The summed E-state index contributed by atoms with van der Waals surface area (Å²) in [4.78, 5) is 8.88. The van der Waals surface area contributed by atoms with Gasteiger partial charge in [0.1, 0.15) is 5.01 Å². The zero-order chi connectivity index (χ0) is 14.4. The molecule has 21 heavy (non-hydrogen) atoms. The minimum Gasteiger partial charge on any atom is -0.370 e. The molecule has 1 heterocycles. The Morgan fingerprint density at radius 3 is 2.71 bits per heavy atom. The number of halogens is 1. The van der Waals surface area contributed by atoms with Crippen LogP contribution in [0.3, 0.4) is 0 Å². The molecule has 0 spiro atoms. The summed E-state index contributed by atoms with van der Waals surface area (Å²) >= 11 is 1.61. The fraction of sp³-hybridized carbons (Fsp3) is 0.333. The highest BCUT2D eigenvalue weighted by Crippen LogP contribution is 2.21. The van der Waals surface area contributed by atoms with Gasteiger partial charge >= 0.3 is 0 Å². The Morgan fingerprint density at radius 1 is 1.33 bits per heavy atom. The Bertz CT molecular complexity index is 566. The molecule has 114 valence electrons. The number of nitrogens with one attached hydrogen (secondary N) is 1. The van der Waals surface area contributed by atoms with Crippen LogP contribution in [0.4, 0.5) is 0 Å². The minimum absolute atomic E-state index is 0. The van der Waals surface area contributed by atoms with Crippen molar-refractivity contribution in [1.82, 2.24) is 10.3 Å². The van der Waals surface area contributed by atoms with Gasteiger partial charge in [-0.1, -0.05) is 44.2 Å². The molecule has 2 aromatic rings. The fourth-order valence-corrected chi connectivity index (χ4v) is 2.37. The first kappa shape index (κ1) is 17.9. The van der Waals surface area contributed by atoms with Crippen molar-refractivity contribution in [2.24, 2.45) is 16.6 Å². The van der Waals surface area contributed by atoms with Crippen LogP contribution >= 0.6 is 35.3 Å². The Labute approximate surface area is 146 Å². The predicted octanol–water partition coefficient (Wildman–Crippen LogP) is 3.49. The lowest BCUT2D eigenvalue weighted by Crippen LogP contribution is -2.34. The molecule has 0 aliphatic rings. The minimum atomic E-state index is 0. The van der Waals surface area contributed by atoms with Crippen LogP contribution in [0.5, 0.6) is 0 Å². The van der Waals surface area contributed by atoms with Crippen LogP contribution in [0.15, 0.2) is 40.7 Å². The highest BCUT2D eigenvalue weighted by molar-refractivity contribution is 14.0. The van der Waals surface area contributed by atoms with Crippen molar-refractivity contribution < 1.29 is 0 Å². The van der Waals surface area contributed by atoms with Gasteiger partial charge in [0.2, 0.25) is 0 Å². The van der Waals surface area contributed by atoms with Crippen LogP contribution in [0.1, 0.15) is 18.9 Å². The molecule has 3 N–H and O–H groups in total. The molecular formula is C15H21IN4S. The van der Waals surface area contributed by atoms with Crippen molar-refractivity contribution in [3.63, 3.8) is 0 Å². The summed E-state index contributed by atoms with van der Waals surface area (Å²) in [6.45, 7) is 5.62. The number of nitrogens with zero attached hydrogens (tertiary/aromatic N) is 2. The molecule has 0 aliphatic heterocycles. The normalized spacial score (nSPS) is 11.3. The maximum atomic E-state index is 5.80. The molecule has 1 aromatic heterocycles.